The molecule has 1 amide bonds. The molecular formula is C14H20ClFN2O2. The molecule has 6 heteroatoms. The monoisotopic (exact) mass is 302 g/mol. The average Bonchev–Trinajstić information content (AvgIpc) is 2.39. The van der Waals surface area contributed by atoms with E-state index in [0.29, 0.717) is 5.56 Å². The molecule has 0 fully saturated rings. The number of hydrogen-bond acceptors (Lipinski definition) is 3. The van der Waals surface area contributed by atoms with Crippen LogP contribution in [-0.4, -0.2) is 28.8 Å². The number of carbonyl (C=O) groups excluding carboxylic acids is 1. The van der Waals surface area contributed by atoms with Crippen molar-refractivity contribution in [1.29, 1.82) is 0 Å². The molecule has 1 unspecified atom stereocenters. The van der Waals surface area contributed by atoms with Gasteiger partial charge in [0, 0.05) is 18.2 Å². The Morgan fingerprint density at radius 2 is 2.10 bits per heavy atom. The summed E-state index contributed by atoms with van der Waals surface area (Å²) in [5.74, 6) is -0.691. The van der Waals surface area contributed by atoms with Crippen molar-refractivity contribution >= 4 is 17.5 Å². The zero-order chi connectivity index (χ0) is 15.3. The molecule has 0 bridgehead atoms. The Morgan fingerprint density at radius 1 is 1.45 bits per heavy atom. The van der Waals surface area contributed by atoms with Crippen molar-refractivity contribution in [1.82, 2.24) is 10.4 Å². The van der Waals surface area contributed by atoms with E-state index in [4.69, 9.17) is 11.6 Å². The number of benzene rings is 1. The second-order valence-corrected chi connectivity index (χ2v) is 5.48. The Morgan fingerprint density at radius 3 is 2.70 bits per heavy atom. The van der Waals surface area contributed by atoms with Gasteiger partial charge in [0.2, 0.25) is 5.91 Å². The number of carbonyl (C=O) groups is 1. The van der Waals surface area contributed by atoms with Gasteiger partial charge < -0.3 is 10.5 Å². The molecule has 0 aliphatic carbocycles. The van der Waals surface area contributed by atoms with E-state index in [2.05, 4.69) is 5.32 Å². The lowest BCUT2D eigenvalue weighted by atomic mass is 10.1. The van der Waals surface area contributed by atoms with Crippen LogP contribution >= 0.6 is 11.6 Å². The van der Waals surface area contributed by atoms with Crippen molar-refractivity contribution in [2.75, 3.05) is 6.54 Å². The zero-order valence-corrected chi connectivity index (χ0v) is 12.6. The van der Waals surface area contributed by atoms with Crippen LogP contribution in [0.4, 0.5) is 4.39 Å². The normalized spacial score (nSPS) is 12.8. The fourth-order valence-corrected chi connectivity index (χ4v) is 1.76. The minimum absolute atomic E-state index is 0.0222. The summed E-state index contributed by atoms with van der Waals surface area (Å²) < 4.78 is 13.6. The molecule has 1 aromatic rings. The third-order valence-electron chi connectivity index (χ3n) is 3.25. The van der Waals surface area contributed by atoms with Crippen molar-refractivity contribution in [2.45, 2.75) is 33.4 Å². The number of amides is 1. The van der Waals surface area contributed by atoms with Crippen LogP contribution < -0.4 is 5.32 Å². The molecule has 4 nitrogen and oxygen atoms in total. The quantitative estimate of drug-likeness (QED) is 0.795. The van der Waals surface area contributed by atoms with Gasteiger partial charge >= 0.3 is 0 Å². The maximum Gasteiger partial charge on any atom is 0.236 e. The summed E-state index contributed by atoms with van der Waals surface area (Å²) in [5.41, 5.74) is 0.312. The van der Waals surface area contributed by atoms with Gasteiger partial charge in [-0.3, -0.25) is 4.79 Å². The second kappa shape index (κ2) is 7.57. The zero-order valence-electron chi connectivity index (χ0n) is 11.9. The van der Waals surface area contributed by atoms with Crippen LogP contribution in [-0.2, 0) is 11.3 Å². The van der Waals surface area contributed by atoms with Crippen LogP contribution in [0.1, 0.15) is 26.3 Å². The lowest BCUT2D eigenvalue weighted by Crippen LogP contribution is -2.41. The summed E-state index contributed by atoms with van der Waals surface area (Å²) in [6.45, 7) is 5.62. The summed E-state index contributed by atoms with van der Waals surface area (Å²) in [5, 5.41) is 13.3. The summed E-state index contributed by atoms with van der Waals surface area (Å²) in [7, 11) is 0. The lowest BCUT2D eigenvalue weighted by Gasteiger charge is -2.25. The highest BCUT2D eigenvalue weighted by atomic mass is 35.5. The summed E-state index contributed by atoms with van der Waals surface area (Å²) in [6.07, 6.45) is 0. The largest absolute Gasteiger partial charge is 0.351 e. The number of nitrogens with one attached hydrogen (secondary N) is 1. The van der Waals surface area contributed by atoms with E-state index < -0.39 is 5.82 Å². The second-order valence-electron chi connectivity index (χ2n) is 5.07. The van der Waals surface area contributed by atoms with Crippen molar-refractivity contribution in [3.63, 3.8) is 0 Å². The van der Waals surface area contributed by atoms with Gasteiger partial charge in [-0.1, -0.05) is 37.6 Å². The van der Waals surface area contributed by atoms with Gasteiger partial charge in [-0.25, -0.2) is 4.39 Å². The minimum Gasteiger partial charge on any atom is -0.351 e. The Balaban J connectivity index is 2.50. The smallest absolute Gasteiger partial charge is 0.236 e. The Labute approximate surface area is 123 Å². The van der Waals surface area contributed by atoms with Gasteiger partial charge in [-0.05, 0) is 18.9 Å². The van der Waals surface area contributed by atoms with Gasteiger partial charge in [0.1, 0.15) is 12.4 Å². The Kier molecular flexibility index (Phi) is 6.39. The Bertz CT molecular complexity index is 468. The molecule has 0 aliphatic heterocycles. The first-order chi connectivity index (χ1) is 9.32. The highest BCUT2D eigenvalue weighted by Crippen LogP contribution is 2.17. The molecule has 0 aliphatic rings. The molecule has 1 rings (SSSR count). The van der Waals surface area contributed by atoms with Crippen LogP contribution in [0, 0.1) is 11.7 Å². The van der Waals surface area contributed by atoms with Crippen molar-refractivity contribution in [3.8, 4) is 0 Å². The molecule has 0 saturated heterocycles. The molecule has 1 aromatic carbocycles. The highest BCUT2D eigenvalue weighted by Gasteiger charge is 2.18. The fourth-order valence-electron chi connectivity index (χ4n) is 1.57. The first kappa shape index (κ1) is 16.9. The first-order valence-electron chi connectivity index (χ1n) is 6.48. The van der Waals surface area contributed by atoms with E-state index >= 15 is 0 Å². The van der Waals surface area contributed by atoms with E-state index in [0.717, 1.165) is 5.06 Å². The fraction of sp³-hybridized carbons (Fsp3) is 0.500. The molecule has 0 spiro atoms. The molecule has 20 heavy (non-hydrogen) atoms. The van der Waals surface area contributed by atoms with E-state index in [-0.39, 0.29) is 36.0 Å². The van der Waals surface area contributed by atoms with Gasteiger partial charge in [0.25, 0.3) is 0 Å². The summed E-state index contributed by atoms with van der Waals surface area (Å²) in [6, 6.07) is 4.48. The lowest BCUT2D eigenvalue weighted by molar-refractivity contribution is -0.152. The topological polar surface area (TPSA) is 52.6 Å². The van der Waals surface area contributed by atoms with Crippen LogP contribution in [0.5, 0.6) is 0 Å². The van der Waals surface area contributed by atoms with Gasteiger partial charge in [-0.2, -0.15) is 5.06 Å². The van der Waals surface area contributed by atoms with Crippen LogP contribution in [0.25, 0.3) is 0 Å². The number of hydroxylamine groups is 2. The standard InChI is InChI=1S/C14H20ClFN2O2/c1-9(2)10(3)18(20)8-13(19)17-7-11-5-4-6-12(15)14(11)16/h4-6,9-10,20H,7-8H2,1-3H3,(H,17,19). The number of rotatable bonds is 6. The molecule has 1 atom stereocenters. The molecular weight excluding hydrogens is 283 g/mol. The van der Waals surface area contributed by atoms with Gasteiger partial charge in [-0.15, -0.1) is 0 Å². The molecule has 112 valence electrons. The van der Waals surface area contributed by atoms with Crippen molar-refractivity contribution in [3.05, 3.63) is 34.6 Å². The van der Waals surface area contributed by atoms with E-state index in [9.17, 15) is 14.4 Å². The van der Waals surface area contributed by atoms with E-state index in [1.165, 1.54) is 6.07 Å². The maximum atomic E-state index is 13.6. The maximum absolute atomic E-state index is 13.6. The van der Waals surface area contributed by atoms with Gasteiger partial charge in [0.15, 0.2) is 0 Å². The predicted molar refractivity (Wildman–Crippen MR) is 76.0 cm³/mol. The highest BCUT2D eigenvalue weighted by molar-refractivity contribution is 6.30. The van der Waals surface area contributed by atoms with Crippen molar-refractivity contribution in [2.24, 2.45) is 5.92 Å². The average molecular weight is 303 g/mol. The minimum atomic E-state index is -0.536. The molecule has 0 heterocycles. The first-order valence-corrected chi connectivity index (χ1v) is 6.85. The third-order valence-corrected chi connectivity index (χ3v) is 3.54. The van der Waals surface area contributed by atoms with Crippen molar-refractivity contribution < 1.29 is 14.4 Å². The molecule has 2 N–H and O–H groups in total. The molecule has 0 aromatic heterocycles. The van der Waals surface area contributed by atoms with E-state index in [1.807, 2.05) is 20.8 Å². The number of nitrogens with zero attached hydrogens (tertiary/aromatic N) is 1. The molecule has 0 radical (unpaired) electrons. The SMILES string of the molecule is CC(C)C(C)N(O)CC(=O)NCc1cccc(Cl)c1F. The summed E-state index contributed by atoms with van der Waals surface area (Å²) in [4.78, 5) is 11.7. The van der Waals surface area contributed by atoms with Crippen LogP contribution in [0.15, 0.2) is 18.2 Å². The van der Waals surface area contributed by atoms with E-state index in [1.54, 1.807) is 12.1 Å². The number of hydrogen-bond donors (Lipinski definition) is 2. The third kappa shape index (κ3) is 4.74. The predicted octanol–water partition coefficient (Wildman–Crippen LogP) is 2.83. The van der Waals surface area contributed by atoms with Gasteiger partial charge in [0.05, 0.1) is 5.02 Å². The Hall–Kier alpha value is -1.17. The van der Waals surface area contributed by atoms with Crippen LogP contribution in [0.3, 0.4) is 0 Å². The molecule has 0 saturated carbocycles. The number of halogens is 2. The summed E-state index contributed by atoms with van der Waals surface area (Å²) >= 11 is 5.65. The van der Waals surface area contributed by atoms with Crippen LogP contribution in [0.2, 0.25) is 5.02 Å².